The summed E-state index contributed by atoms with van der Waals surface area (Å²) in [6.45, 7) is 4.53. The van der Waals surface area contributed by atoms with Crippen molar-refractivity contribution >= 4 is 26.0 Å². The van der Waals surface area contributed by atoms with E-state index in [1.807, 2.05) is 13.8 Å². The molecule has 11 heteroatoms. The van der Waals surface area contributed by atoms with Crippen molar-refractivity contribution in [1.29, 1.82) is 0 Å². The number of rotatable bonds is 8. The molecule has 0 saturated carbocycles. The summed E-state index contributed by atoms with van der Waals surface area (Å²) in [5.41, 5.74) is 0.936. The van der Waals surface area contributed by atoms with Crippen molar-refractivity contribution in [3.05, 3.63) is 54.1 Å². The molecule has 3 rings (SSSR count). The van der Waals surface area contributed by atoms with Gasteiger partial charge in [0.05, 0.1) is 22.9 Å². The monoisotopic (exact) mass is 495 g/mol. The molecule has 0 bridgehead atoms. The molecule has 2 aromatic rings. The first-order valence-corrected chi connectivity index (χ1v) is 13.5. The molecular weight excluding hydrogens is 466 g/mol. The normalized spacial score (nSPS) is 15.6. The van der Waals surface area contributed by atoms with E-state index in [4.69, 9.17) is 4.74 Å². The van der Waals surface area contributed by atoms with Crippen molar-refractivity contribution in [2.75, 3.05) is 46.4 Å². The number of hydrogen-bond donors (Lipinski definition) is 0. The fraction of sp³-hybridized carbons (Fsp3) is 0.409. The smallest absolute Gasteiger partial charge is 0.243 e. The van der Waals surface area contributed by atoms with Crippen LogP contribution < -0.4 is 4.74 Å². The molecule has 0 atom stereocenters. The SMILES string of the molecule is CCOc1ccc(S(=O)(=O)N2CCN(C(=O)CN(C)S(=O)(=O)c3ccc(C)cc3)CC2)cc1. The Morgan fingerprint density at radius 1 is 0.909 bits per heavy atom. The van der Waals surface area contributed by atoms with Crippen LogP contribution >= 0.6 is 0 Å². The van der Waals surface area contributed by atoms with E-state index < -0.39 is 20.0 Å². The van der Waals surface area contributed by atoms with E-state index in [-0.39, 0.29) is 48.4 Å². The predicted molar refractivity (Wildman–Crippen MR) is 124 cm³/mol. The Hall–Kier alpha value is -2.47. The van der Waals surface area contributed by atoms with Crippen LogP contribution in [0.15, 0.2) is 58.3 Å². The maximum absolute atomic E-state index is 12.9. The molecule has 1 fully saturated rings. The van der Waals surface area contributed by atoms with Crippen LogP contribution in [0.1, 0.15) is 12.5 Å². The lowest BCUT2D eigenvalue weighted by Crippen LogP contribution is -2.52. The van der Waals surface area contributed by atoms with Crippen molar-refractivity contribution in [2.45, 2.75) is 23.6 Å². The minimum Gasteiger partial charge on any atom is -0.494 e. The minimum atomic E-state index is -3.80. The van der Waals surface area contributed by atoms with Gasteiger partial charge in [0.2, 0.25) is 26.0 Å². The van der Waals surface area contributed by atoms with Crippen LogP contribution in [0.5, 0.6) is 5.75 Å². The van der Waals surface area contributed by atoms with Gasteiger partial charge in [-0.05, 0) is 50.2 Å². The first kappa shape index (κ1) is 25.2. The molecule has 1 aliphatic rings. The van der Waals surface area contributed by atoms with Gasteiger partial charge in [-0.15, -0.1) is 0 Å². The first-order valence-electron chi connectivity index (χ1n) is 10.6. The lowest BCUT2D eigenvalue weighted by molar-refractivity contribution is -0.132. The molecule has 2 aromatic carbocycles. The van der Waals surface area contributed by atoms with Gasteiger partial charge in [-0.1, -0.05) is 17.7 Å². The molecule has 1 aliphatic heterocycles. The molecule has 0 N–H and O–H groups in total. The number of ether oxygens (including phenoxy) is 1. The van der Waals surface area contributed by atoms with Gasteiger partial charge in [-0.25, -0.2) is 16.8 Å². The second kappa shape index (κ2) is 10.2. The number of benzene rings is 2. The van der Waals surface area contributed by atoms with E-state index >= 15 is 0 Å². The van der Waals surface area contributed by atoms with Crippen LogP contribution in [0, 0.1) is 6.92 Å². The highest BCUT2D eigenvalue weighted by molar-refractivity contribution is 7.89. The Morgan fingerprint density at radius 2 is 1.45 bits per heavy atom. The average Bonchev–Trinajstić information content (AvgIpc) is 2.80. The summed E-state index contributed by atoms with van der Waals surface area (Å²) in [7, 11) is -6.13. The molecule has 0 radical (unpaired) electrons. The zero-order chi connectivity index (χ0) is 24.2. The van der Waals surface area contributed by atoms with Crippen LogP contribution in [0.2, 0.25) is 0 Å². The van der Waals surface area contributed by atoms with Gasteiger partial charge in [0, 0.05) is 33.2 Å². The number of carbonyl (C=O) groups is 1. The molecular formula is C22H29N3O6S2. The summed E-state index contributed by atoms with van der Waals surface area (Å²) in [5.74, 6) is 0.225. The number of nitrogens with zero attached hydrogens (tertiary/aromatic N) is 3. The molecule has 0 aliphatic carbocycles. The molecule has 180 valence electrons. The van der Waals surface area contributed by atoms with Gasteiger partial charge < -0.3 is 9.64 Å². The van der Waals surface area contributed by atoms with Gasteiger partial charge >= 0.3 is 0 Å². The van der Waals surface area contributed by atoms with E-state index in [0.717, 1.165) is 9.87 Å². The highest BCUT2D eigenvalue weighted by atomic mass is 32.2. The predicted octanol–water partition coefficient (Wildman–Crippen LogP) is 1.55. The van der Waals surface area contributed by atoms with Crippen LogP contribution in [-0.2, 0) is 24.8 Å². The molecule has 1 saturated heterocycles. The first-order chi connectivity index (χ1) is 15.6. The second-order valence-electron chi connectivity index (χ2n) is 7.76. The van der Waals surface area contributed by atoms with Gasteiger partial charge in [0.25, 0.3) is 0 Å². The summed E-state index contributed by atoms with van der Waals surface area (Å²) in [6.07, 6.45) is 0. The summed E-state index contributed by atoms with van der Waals surface area (Å²) >= 11 is 0. The zero-order valence-electron chi connectivity index (χ0n) is 19.0. The standard InChI is InChI=1S/C22H29N3O6S2/c1-4-31-19-7-11-21(12-8-19)33(29,30)25-15-13-24(14-16-25)22(26)17-23(3)32(27,28)20-9-5-18(2)6-10-20/h5-12H,4,13-17H2,1-3H3. The lowest BCUT2D eigenvalue weighted by atomic mass is 10.2. The molecule has 1 heterocycles. The third kappa shape index (κ3) is 5.72. The van der Waals surface area contributed by atoms with Crippen LogP contribution in [0.4, 0.5) is 0 Å². The number of sulfonamides is 2. The number of piperazine rings is 1. The Balaban J connectivity index is 1.59. The van der Waals surface area contributed by atoms with Crippen molar-refractivity contribution in [1.82, 2.24) is 13.5 Å². The zero-order valence-corrected chi connectivity index (χ0v) is 20.6. The van der Waals surface area contributed by atoms with E-state index in [1.54, 1.807) is 24.3 Å². The van der Waals surface area contributed by atoms with E-state index in [2.05, 4.69) is 0 Å². The lowest BCUT2D eigenvalue weighted by Gasteiger charge is -2.34. The van der Waals surface area contributed by atoms with E-state index in [1.165, 1.54) is 40.5 Å². The summed E-state index contributed by atoms with van der Waals surface area (Å²) in [5, 5.41) is 0. The molecule has 33 heavy (non-hydrogen) atoms. The number of aryl methyl sites for hydroxylation is 1. The van der Waals surface area contributed by atoms with Crippen molar-refractivity contribution in [3.8, 4) is 5.75 Å². The summed E-state index contributed by atoms with van der Waals surface area (Å²) in [4.78, 5) is 14.5. The largest absolute Gasteiger partial charge is 0.494 e. The maximum Gasteiger partial charge on any atom is 0.243 e. The number of amides is 1. The average molecular weight is 496 g/mol. The minimum absolute atomic E-state index is 0.120. The third-order valence-electron chi connectivity index (χ3n) is 5.45. The van der Waals surface area contributed by atoms with Crippen LogP contribution in [-0.4, -0.2) is 82.6 Å². The van der Waals surface area contributed by atoms with Gasteiger partial charge in [-0.3, -0.25) is 4.79 Å². The number of carbonyl (C=O) groups excluding carboxylic acids is 1. The quantitative estimate of drug-likeness (QED) is 0.550. The van der Waals surface area contributed by atoms with Crippen molar-refractivity contribution in [2.24, 2.45) is 0 Å². The van der Waals surface area contributed by atoms with Gasteiger partial charge in [-0.2, -0.15) is 8.61 Å². The Labute approximate surface area is 195 Å². The van der Waals surface area contributed by atoms with Crippen LogP contribution in [0.25, 0.3) is 0 Å². The molecule has 0 aromatic heterocycles. The summed E-state index contributed by atoms with van der Waals surface area (Å²) < 4.78 is 59.0. The highest BCUT2D eigenvalue weighted by Crippen LogP contribution is 2.21. The summed E-state index contributed by atoms with van der Waals surface area (Å²) in [6, 6.07) is 12.7. The number of hydrogen-bond acceptors (Lipinski definition) is 6. The third-order valence-corrected chi connectivity index (χ3v) is 9.18. The molecule has 9 nitrogen and oxygen atoms in total. The van der Waals surface area contributed by atoms with Crippen molar-refractivity contribution in [3.63, 3.8) is 0 Å². The Bertz CT molecular complexity index is 1170. The Kier molecular flexibility index (Phi) is 7.78. The number of likely N-dealkylation sites (N-methyl/N-ethyl adjacent to an activating group) is 1. The molecule has 1 amide bonds. The molecule has 0 spiro atoms. The van der Waals surface area contributed by atoms with E-state index in [9.17, 15) is 21.6 Å². The Morgan fingerprint density at radius 3 is 2.00 bits per heavy atom. The van der Waals surface area contributed by atoms with Crippen LogP contribution in [0.3, 0.4) is 0 Å². The second-order valence-corrected chi connectivity index (χ2v) is 11.7. The van der Waals surface area contributed by atoms with Gasteiger partial charge in [0.1, 0.15) is 5.75 Å². The molecule has 0 unspecified atom stereocenters. The fourth-order valence-electron chi connectivity index (χ4n) is 3.47. The topological polar surface area (TPSA) is 104 Å². The maximum atomic E-state index is 12.9. The van der Waals surface area contributed by atoms with Gasteiger partial charge in [0.15, 0.2) is 0 Å². The van der Waals surface area contributed by atoms with Crippen molar-refractivity contribution < 1.29 is 26.4 Å². The highest BCUT2D eigenvalue weighted by Gasteiger charge is 2.31. The fourth-order valence-corrected chi connectivity index (χ4v) is 6.01. The van der Waals surface area contributed by atoms with E-state index in [0.29, 0.717) is 12.4 Å².